The molecule has 0 radical (unpaired) electrons. The van der Waals surface area contributed by atoms with E-state index in [2.05, 4.69) is 25.2 Å². The van der Waals surface area contributed by atoms with E-state index >= 15 is 0 Å². The standard InChI is InChI=1S/C44H78NO9P/c1-6-8-10-11-12-13-14-15-20-23-26-29-32-36-44(48)54-42(40-53-55(49,50)52-38-37-45(3,4)5)39-51-43(47)35-31-28-25-22-19-17-16-18-21-24-27-30-34-41(46)33-9-7-2/h9,16-17,21-22,24-25,27,30,33,41-42,46H,6-8,10-15,18-20,23,26,28-29,31-32,34-40H2,1-5H3/b17-16-,24-21-,25-22-,30-27+,33-9-/t41?,42-/m1/s1. The van der Waals surface area contributed by atoms with Crippen LogP contribution < -0.4 is 4.89 Å². The summed E-state index contributed by atoms with van der Waals surface area (Å²) in [7, 11) is 1.10. The van der Waals surface area contributed by atoms with Crippen molar-refractivity contribution in [2.45, 2.75) is 161 Å². The predicted molar refractivity (Wildman–Crippen MR) is 223 cm³/mol. The largest absolute Gasteiger partial charge is 0.756 e. The van der Waals surface area contributed by atoms with Crippen LogP contribution in [0.1, 0.15) is 149 Å². The molecule has 0 bridgehead atoms. The monoisotopic (exact) mass is 796 g/mol. The number of rotatable bonds is 37. The zero-order valence-electron chi connectivity index (χ0n) is 35.2. The van der Waals surface area contributed by atoms with E-state index < -0.39 is 38.6 Å². The summed E-state index contributed by atoms with van der Waals surface area (Å²) in [6.45, 7) is 3.89. The molecule has 2 unspecified atom stereocenters. The Morgan fingerprint density at radius 3 is 1.87 bits per heavy atom. The van der Waals surface area contributed by atoms with Crippen molar-refractivity contribution in [2.24, 2.45) is 0 Å². The Morgan fingerprint density at radius 2 is 1.25 bits per heavy atom. The van der Waals surface area contributed by atoms with Gasteiger partial charge in [-0.2, -0.15) is 0 Å². The number of nitrogens with zero attached hydrogens (tertiary/aromatic N) is 1. The van der Waals surface area contributed by atoms with Crippen LogP contribution in [0, 0.1) is 0 Å². The Balaban J connectivity index is 4.51. The lowest BCUT2D eigenvalue weighted by Crippen LogP contribution is -2.37. The fourth-order valence-corrected chi connectivity index (χ4v) is 6.03. The minimum absolute atomic E-state index is 0.0481. The number of hydrogen-bond acceptors (Lipinski definition) is 9. The molecule has 318 valence electrons. The molecule has 0 rings (SSSR count). The normalized spacial score (nSPS) is 14.8. The number of esters is 2. The molecule has 0 aliphatic carbocycles. The molecule has 10 nitrogen and oxygen atoms in total. The van der Waals surface area contributed by atoms with Crippen molar-refractivity contribution in [1.82, 2.24) is 0 Å². The Bertz CT molecular complexity index is 1140. The van der Waals surface area contributed by atoms with E-state index in [4.69, 9.17) is 18.5 Å². The van der Waals surface area contributed by atoms with Gasteiger partial charge in [0.2, 0.25) is 0 Å². The van der Waals surface area contributed by atoms with Crippen LogP contribution in [-0.4, -0.2) is 81.2 Å². The summed E-state index contributed by atoms with van der Waals surface area (Å²) in [4.78, 5) is 37.4. The average Bonchev–Trinajstić information content (AvgIpc) is 3.13. The zero-order valence-corrected chi connectivity index (χ0v) is 36.1. The number of likely N-dealkylation sites (N-methyl/N-ethyl adjacent to an activating group) is 1. The van der Waals surface area contributed by atoms with Crippen LogP contribution in [0.4, 0.5) is 0 Å². The van der Waals surface area contributed by atoms with Crippen molar-refractivity contribution in [2.75, 3.05) is 47.5 Å². The van der Waals surface area contributed by atoms with Crippen LogP contribution in [0.5, 0.6) is 0 Å². The number of aliphatic hydroxyl groups is 1. The maximum absolute atomic E-state index is 12.6. The molecule has 0 aliphatic rings. The van der Waals surface area contributed by atoms with Crippen molar-refractivity contribution < 1.29 is 47.2 Å². The Morgan fingerprint density at radius 1 is 0.691 bits per heavy atom. The second-order valence-electron chi connectivity index (χ2n) is 15.2. The van der Waals surface area contributed by atoms with E-state index in [9.17, 15) is 24.2 Å². The highest BCUT2D eigenvalue weighted by molar-refractivity contribution is 7.45. The van der Waals surface area contributed by atoms with Crippen molar-refractivity contribution in [3.05, 3.63) is 60.8 Å². The van der Waals surface area contributed by atoms with Crippen LogP contribution in [0.2, 0.25) is 0 Å². The number of aliphatic hydroxyl groups excluding tert-OH is 1. The minimum atomic E-state index is -4.64. The van der Waals surface area contributed by atoms with E-state index in [1.807, 2.05) is 70.6 Å². The summed E-state index contributed by atoms with van der Waals surface area (Å²) in [5, 5.41) is 9.76. The molecule has 11 heteroatoms. The molecule has 1 N–H and O–H groups in total. The van der Waals surface area contributed by atoms with Gasteiger partial charge in [-0.15, -0.1) is 0 Å². The molecule has 0 aromatic rings. The number of allylic oxidation sites excluding steroid dienone is 8. The molecule has 0 spiro atoms. The molecule has 3 atom stereocenters. The number of carbonyl (C=O) groups is 2. The number of phosphoric acid groups is 1. The Hall–Kier alpha value is -2.33. The van der Waals surface area contributed by atoms with E-state index in [0.717, 1.165) is 38.5 Å². The van der Waals surface area contributed by atoms with Gasteiger partial charge >= 0.3 is 11.9 Å². The molecule has 0 heterocycles. The fourth-order valence-electron chi connectivity index (χ4n) is 5.30. The molecule has 0 aromatic heterocycles. The van der Waals surface area contributed by atoms with E-state index in [0.29, 0.717) is 36.7 Å². The molecule has 0 saturated carbocycles. The maximum atomic E-state index is 12.6. The van der Waals surface area contributed by atoms with Crippen LogP contribution >= 0.6 is 7.82 Å². The third-order valence-corrected chi connectivity index (χ3v) is 9.59. The number of ether oxygens (including phenoxy) is 2. The average molecular weight is 796 g/mol. The second kappa shape index (κ2) is 36.0. The zero-order chi connectivity index (χ0) is 40.9. The van der Waals surface area contributed by atoms with Gasteiger partial charge < -0.3 is 33.0 Å². The predicted octanol–water partition coefficient (Wildman–Crippen LogP) is 10.0. The third kappa shape index (κ3) is 39.7. The molecular formula is C44H78NO9P. The van der Waals surface area contributed by atoms with E-state index in [1.165, 1.54) is 57.8 Å². The van der Waals surface area contributed by atoms with Crippen molar-refractivity contribution >= 4 is 19.8 Å². The quantitative estimate of drug-likeness (QED) is 0.0163. The first-order chi connectivity index (χ1) is 26.4. The van der Waals surface area contributed by atoms with Gasteiger partial charge in [0.1, 0.15) is 19.8 Å². The highest BCUT2D eigenvalue weighted by atomic mass is 31.2. The Labute approximate surface area is 335 Å². The van der Waals surface area contributed by atoms with E-state index in [1.54, 1.807) is 0 Å². The lowest BCUT2D eigenvalue weighted by Gasteiger charge is -2.28. The molecule has 0 fully saturated rings. The first-order valence-corrected chi connectivity index (χ1v) is 22.6. The number of carbonyl (C=O) groups excluding carboxylic acids is 2. The number of hydrogen-bond donors (Lipinski definition) is 1. The highest BCUT2D eigenvalue weighted by Crippen LogP contribution is 2.38. The summed E-state index contributed by atoms with van der Waals surface area (Å²) in [5.41, 5.74) is 0. The van der Waals surface area contributed by atoms with Crippen LogP contribution in [-0.2, 0) is 32.7 Å². The van der Waals surface area contributed by atoms with Gasteiger partial charge in [0.25, 0.3) is 7.82 Å². The molecule has 0 aromatic carbocycles. The maximum Gasteiger partial charge on any atom is 0.306 e. The molecule has 55 heavy (non-hydrogen) atoms. The molecule has 0 amide bonds. The van der Waals surface area contributed by atoms with Crippen LogP contribution in [0.25, 0.3) is 0 Å². The van der Waals surface area contributed by atoms with Gasteiger partial charge in [0.15, 0.2) is 6.10 Å². The number of quaternary nitrogens is 1. The summed E-state index contributed by atoms with van der Waals surface area (Å²) in [6.07, 6.45) is 38.8. The van der Waals surface area contributed by atoms with E-state index in [-0.39, 0.29) is 26.1 Å². The lowest BCUT2D eigenvalue weighted by atomic mass is 10.0. The molecule has 0 aliphatic heterocycles. The van der Waals surface area contributed by atoms with Crippen molar-refractivity contribution in [3.63, 3.8) is 0 Å². The summed E-state index contributed by atoms with van der Waals surface area (Å²) < 4.78 is 33.7. The first-order valence-electron chi connectivity index (χ1n) is 21.1. The smallest absolute Gasteiger partial charge is 0.306 e. The number of unbranched alkanes of at least 4 members (excludes halogenated alkanes) is 13. The van der Waals surface area contributed by atoms with Crippen LogP contribution in [0.15, 0.2) is 60.8 Å². The van der Waals surface area contributed by atoms with Gasteiger partial charge in [-0.1, -0.05) is 152 Å². The number of phosphoric ester groups is 1. The minimum Gasteiger partial charge on any atom is -0.756 e. The summed E-state index contributed by atoms with van der Waals surface area (Å²) in [5.74, 6) is -0.929. The molecular weight excluding hydrogens is 717 g/mol. The Kier molecular flexibility index (Phi) is 34.5. The second-order valence-corrected chi connectivity index (χ2v) is 16.6. The third-order valence-electron chi connectivity index (χ3n) is 8.63. The van der Waals surface area contributed by atoms with Crippen LogP contribution in [0.3, 0.4) is 0 Å². The fraction of sp³-hybridized carbons (Fsp3) is 0.727. The van der Waals surface area contributed by atoms with Gasteiger partial charge in [-0.3, -0.25) is 14.2 Å². The summed E-state index contributed by atoms with van der Waals surface area (Å²) >= 11 is 0. The SMILES string of the molecule is CC/C=C\C(O)C/C=C/C=C\C/C=C\C/C=C\CCCC(=O)OC[C@H](COP(=O)([O-])OCC[N+](C)(C)C)OC(=O)CCCCCCCCCCCCCCC. The van der Waals surface area contributed by atoms with Gasteiger partial charge in [0.05, 0.1) is 33.9 Å². The van der Waals surface area contributed by atoms with Gasteiger partial charge in [-0.25, -0.2) is 0 Å². The van der Waals surface area contributed by atoms with Crippen molar-refractivity contribution in [3.8, 4) is 0 Å². The highest BCUT2D eigenvalue weighted by Gasteiger charge is 2.21. The molecule has 0 saturated heterocycles. The van der Waals surface area contributed by atoms with Gasteiger partial charge in [-0.05, 0) is 44.9 Å². The van der Waals surface area contributed by atoms with Crippen molar-refractivity contribution in [1.29, 1.82) is 0 Å². The first kappa shape index (κ1) is 52.7. The summed E-state index contributed by atoms with van der Waals surface area (Å²) in [6, 6.07) is 0. The van der Waals surface area contributed by atoms with Gasteiger partial charge in [0, 0.05) is 12.8 Å². The lowest BCUT2D eigenvalue weighted by molar-refractivity contribution is -0.870. The topological polar surface area (TPSA) is 131 Å².